The summed E-state index contributed by atoms with van der Waals surface area (Å²) >= 11 is 10.6. The molecule has 1 aromatic carbocycles. The van der Waals surface area contributed by atoms with Crippen LogP contribution in [-0.4, -0.2) is 10.9 Å². The summed E-state index contributed by atoms with van der Waals surface area (Å²) < 4.78 is 38.1. The number of hydrogen-bond donors (Lipinski definition) is 2. The van der Waals surface area contributed by atoms with Crippen molar-refractivity contribution in [3.63, 3.8) is 0 Å². The van der Waals surface area contributed by atoms with Crippen LogP contribution in [0.15, 0.2) is 18.2 Å². The van der Waals surface area contributed by atoms with Crippen molar-refractivity contribution in [2.45, 2.75) is 25.4 Å². The zero-order valence-electron chi connectivity index (χ0n) is 10.8. The molecule has 21 heavy (non-hydrogen) atoms. The third kappa shape index (κ3) is 3.13. The molecule has 1 amide bonds. The lowest BCUT2D eigenvalue weighted by atomic mass is 9.68. The van der Waals surface area contributed by atoms with Crippen LogP contribution >= 0.6 is 23.8 Å². The van der Waals surface area contributed by atoms with Crippen LogP contribution in [0.3, 0.4) is 0 Å². The van der Waals surface area contributed by atoms with Gasteiger partial charge in [0.05, 0.1) is 16.0 Å². The molecule has 1 fully saturated rings. The molecule has 0 bridgehead atoms. The summed E-state index contributed by atoms with van der Waals surface area (Å²) in [6, 6.07) is 2.88. The first-order valence-corrected chi connectivity index (χ1v) is 6.93. The van der Waals surface area contributed by atoms with Crippen LogP contribution < -0.4 is 11.1 Å². The second-order valence-electron chi connectivity index (χ2n) is 4.98. The number of halogens is 4. The maximum absolute atomic E-state index is 12.7. The predicted octanol–water partition coefficient (Wildman–Crippen LogP) is 3.75. The number of carbonyl (C=O) groups excluding carboxylic acids is 1. The fourth-order valence-electron chi connectivity index (χ4n) is 2.19. The lowest BCUT2D eigenvalue weighted by Gasteiger charge is -2.39. The smallest absolute Gasteiger partial charge is 0.392 e. The quantitative estimate of drug-likeness (QED) is 0.826. The van der Waals surface area contributed by atoms with Crippen LogP contribution in [0.4, 0.5) is 18.9 Å². The van der Waals surface area contributed by atoms with Crippen molar-refractivity contribution in [2.75, 3.05) is 5.32 Å². The van der Waals surface area contributed by atoms with E-state index in [4.69, 9.17) is 29.6 Å². The Labute approximate surface area is 129 Å². The molecule has 0 heterocycles. The normalized spacial score (nSPS) is 17.0. The molecule has 114 valence electrons. The van der Waals surface area contributed by atoms with Gasteiger partial charge in [-0.1, -0.05) is 30.2 Å². The number of alkyl halides is 3. The molecule has 0 saturated heterocycles. The number of carbonyl (C=O) groups is 1. The summed E-state index contributed by atoms with van der Waals surface area (Å²) in [7, 11) is 0. The average Bonchev–Trinajstić information content (AvgIpc) is 2.24. The third-order valence-corrected chi connectivity index (χ3v) is 4.21. The molecule has 1 aliphatic carbocycles. The summed E-state index contributed by atoms with van der Waals surface area (Å²) in [5.41, 5.74) is 3.67. The van der Waals surface area contributed by atoms with Crippen molar-refractivity contribution >= 4 is 40.4 Å². The number of benzene rings is 1. The first-order chi connectivity index (χ1) is 9.65. The van der Waals surface area contributed by atoms with Gasteiger partial charge in [0, 0.05) is 10.7 Å². The molecule has 3 nitrogen and oxygen atoms in total. The van der Waals surface area contributed by atoms with Gasteiger partial charge in [0.2, 0.25) is 5.91 Å². The lowest BCUT2D eigenvalue weighted by Crippen LogP contribution is -2.50. The molecule has 1 aromatic rings. The van der Waals surface area contributed by atoms with Gasteiger partial charge in [0.1, 0.15) is 0 Å². The molecule has 2 rings (SSSR count). The summed E-state index contributed by atoms with van der Waals surface area (Å²) in [5, 5.41) is 2.32. The molecule has 3 N–H and O–H groups in total. The van der Waals surface area contributed by atoms with E-state index in [1.807, 2.05) is 0 Å². The Hall–Kier alpha value is -1.34. The average molecular weight is 337 g/mol. The molecular formula is C13H12ClF3N2OS. The summed E-state index contributed by atoms with van der Waals surface area (Å²) in [4.78, 5) is 12.3. The van der Waals surface area contributed by atoms with Gasteiger partial charge < -0.3 is 11.1 Å². The van der Waals surface area contributed by atoms with Crippen LogP contribution in [0, 0.1) is 5.41 Å². The van der Waals surface area contributed by atoms with Gasteiger partial charge in [-0.2, -0.15) is 13.2 Å². The highest BCUT2D eigenvalue weighted by molar-refractivity contribution is 7.80. The van der Waals surface area contributed by atoms with E-state index in [1.54, 1.807) is 0 Å². The van der Waals surface area contributed by atoms with Gasteiger partial charge in [0.25, 0.3) is 0 Å². The first-order valence-electron chi connectivity index (χ1n) is 6.14. The Morgan fingerprint density at radius 3 is 2.38 bits per heavy atom. The van der Waals surface area contributed by atoms with Crippen molar-refractivity contribution in [3.05, 3.63) is 28.8 Å². The van der Waals surface area contributed by atoms with Crippen molar-refractivity contribution in [1.82, 2.24) is 0 Å². The fourth-order valence-corrected chi connectivity index (χ4v) is 2.72. The molecule has 0 spiro atoms. The van der Waals surface area contributed by atoms with E-state index >= 15 is 0 Å². The monoisotopic (exact) mass is 336 g/mol. The fraction of sp³-hybridized carbons (Fsp3) is 0.385. The maximum atomic E-state index is 12.7. The van der Waals surface area contributed by atoms with Crippen LogP contribution in [-0.2, 0) is 11.0 Å². The zero-order valence-corrected chi connectivity index (χ0v) is 12.3. The van der Waals surface area contributed by atoms with Gasteiger partial charge in [0.15, 0.2) is 0 Å². The Kier molecular flexibility index (Phi) is 4.17. The second kappa shape index (κ2) is 5.46. The molecule has 0 atom stereocenters. The minimum Gasteiger partial charge on any atom is -0.392 e. The van der Waals surface area contributed by atoms with Crippen LogP contribution in [0.5, 0.6) is 0 Å². The molecule has 0 radical (unpaired) electrons. The number of amides is 1. The first kappa shape index (κ1) is 16.0. The molecule has 0 unspecified atom stereocenters. The molecule has 1 aliphatic rings. The van der Waals surface area contributed by atoms with E-state index in [-0.39, 0.29) is 15.7 Å². The van der Waals surface area contributed by atoms with Gasteiger partial charge in [-0.25, -0.2) is 0 Å². The van der Waals surface area contributed by atoms with E-state index in [0.717, 1.165) is 18.6 Å². The minimum absolute atomic E-state index is 0.0256. The predicted molar refractivity (Wildman–Crippen MR) is 78.2 cm³/mol. The number of hydrogen-bond acceptors (Lipinski definition) is 2. The molecule has 0 aliphatic heterocycles. The zero-order chi connectivity index (χ0) is 15.8. The SMILES string of the molecule is NC(=S)C1(C(=O)Nc2cc(Cl)cc(C(F)(F)F)c2)CCC1. The van der Waals surface area contributed by atoms with E-state index in [9.17, 15) is 18.0 Å². The molecule has 1 saturated carbocycles. The Morgan fingerprint density at radius 2 is 1.95 bits per heavy atom. The number of nitrogens with two attached hydrogens (primary N) is 1. The second-order valence-corrected chi connectivity index (χ2v) is 5.86. The van der Waals surface area contributed by atoms with Gasteiger partial charge >= 0.3 is 6.18 Å². The summed E-state index contributed by atoms with van der Waals surface area (Å²) in [6.45, 7) is 0. The Balaban J connectivity index is 2.26. The number of rotatable bonds is 3. The topological polar surface area (TPSA) is 55.1 Å². The summed E-state index contributed by atoms with van der Waals surface area (Å²) in [6.07, 6.45) is -2.74. The third-order valence-electron chi connectivity index (χ3n) is 3.60. The number of anilines is 1. The van der Waals surface area contributed by atoms with Gasteiger partial charge in [-0.15, -0.1) is 0 Å². The van der Waals surface area contributed by atoms with E-state index < -0.39 is 23.1 Å². The van der Waals surface area contributed by atoms with E-state index in [1.165, 1.54) is 6.07 Å². The van der Waals surface area contributed by atoms with Crippen LogP contribution in [0.25, 0.3) is 0 Å². The van der Waals surface area contributed by atoms with E-state index in [2.05, 4.69) is 5.32 Å². The number of thiocarbonyl (C=S) groups is 1. The Morgan fingerprint density at radius 1 is 1.33 bits per heavy atom. The van der Waals surface area contributed by atoms with Gasteiger partial charge in [-0.3, -0.25) is 4.79 Å². The highest BCUT2D eigenvalue weighted by Crippen LogP contribution is 2.42. The van der Waals surface area contributed by atoms with Crippen molar-refractivity contribution in [3.8, 4) is 0 Å². The molecular weight excluding hydrogens is 325 g/mol. The van der Waals surface area contributed by atoms with E-state index in [0.29, 0.717) is 12.8 Å². The van der Waals surface area contributed by atoms with Crippen molar-refractivity contribution in [1.29, 1.82) is 0 Å². The highest BCUT2D eigenvalue weighted by atomic mass is 35.5. The molecule has 8 heteroatoms. The lowest BCUT2D eigenvalue weighted by molar-refractivity contribution is -0.137. The van der Waals surface area contributed by atoms with Crippen LogP contribution in [0.1, 0.15) is 24.8 Å². The van der Waals surface area contributed by atoms with Crippen molar-refractivity contribution in [2.24, 2.45) is 11.1 Å². The minimum atomic E-state index is -4.54. The maximum Gasteiger partial charge on any atom is 0.416 e. The number of nitrogens with one attached hydrogen (secondary N) is 1. The van der Waals surface area contributed by atoms with Gasteiger partial charge in [-0.05, 0) is 31.0 Å². The van der Waals surface area contributed by atoms with Crippen LogP contribution in [0.2, 0.25) is 5.02 Å². The van der Waals surface area contributed by atoms with Crippen molar-refractivity contribution < 1.29 is 18.0 Å². The molecule has 0 aromatic heterocycles. The standard InChI is InChI=1S/C13H12ClF3N2OS/c14-8-4-7(13(15,16)17)5-9(6-8)19-11(20)12(10(18)21)2-1-3-12/h4-6H,1-3H2,(H2,18,21)(H,19,20). The largest absolute Gasteiger partial charge is 0.416 e. The highest BCUT2D eigenvalue weighted by Gasteiger charge is 2.47. The summed E-state index contributed by atoms with van der Waals surface area (Å²) in [5.74, 6) is -0.489. The Bertz CT molecular complexity index is 600.